The molecular formula is C19H24ClN3O3S. The molecule has 0 aromatic heterocycles. The van der Waals surface area contributed by atoms with Crippen molar-refractivity contribution in [2.75, 3.05) is 27.2 Å². The fourth-order valence-electron chi connectivity index (χ4n) is 2.55. The highest BCUT2D eigenvalue weighted by atomic mass is 35.5. The highest BCUT2D eigenvalue weighted by Crippen LogP contribution is 2.15. The van der Waals surface area contributed by atoms with Crippen molar-refractivity contribution in [3.63, 3.8) is 0 Å². The summed E-state index contributed by atoms with van der Waals surface area (Å²) >= 11 is 5.77. The normalized spacial score (nSPS) is 12.7. The van der Waals surface area contributed by atoms with Crippen molar-refractivity contribution in [1.29, 1.82) is 0 Å². The summed E-state index contributed by atoms with van der Waals surface area (Å²) in [6, 6.07) is 15.4. The Morgan fingerprint density at radius 1 is 1.07 bits per heavy atom. The van der Waals surface area contributed by atoms with E-state index in [1.165, 1.54) is 24.3 Å². The van der Waals surface area contributed by atoms with Crippen molar-refractivity contribution in [3.05, 3.63) is 65.2 Å². The van der Waals surface area contributed by atoms with E-state index in [1.807, 2.05) is 49.3 Å². The Balaban J connectivity index is 1.91. The minimum Gasteiger partial charge on any atom is -0.348 e. The van der Waals surface area contributed by atoms with Crippen LogP contribution in [0.5, 0.6) is 0 Å². The van der Waals surface area contributed by atoms with Gasteiger partial charge in [-0.15, -0.1) is 0 Å². The maximum atomic E-state index is 12.3. The summed E-state index contributed by atoms with van der Waals surface area (Å²) in [6.07, 6.45) is 0.0452. The lowest BCUT2D eigenvalue weighted by Crippen LogP contribution is -2.37. The predicted molar refractivity (Wildman–Crippen MR) is 107 cm³/mol. The molecule has 0 saturated carbocycles. The summed E-state index contributed by atoms with van der Waals surface area (Å²) in [5, 5.41) is 3.42. The van der Waals surface area contributed by atoms with Crippen LogP contribution in [0.2, 0.25) is 5.02 Å². The fourth-order valence-corrected chi connectivity index (χ4v) is 3.71. The molecule has 0 heterocycles. The van der Waals surface area contributed by atoms with Crippen LogP contribution >= 0.6 is 11.6 Å². The molecule has 2 aromatic carbocycles. The zero-order valence-electron chi connectivity index (χ0n) is 15.4. The van der Waals surface area contributed by atoms with Crippen LogP contribution in [0.15, 0.2) is 59.5 Å². The number of sulfonamides is 1. The van der Waals surface area contributed by atoms with Crippen LogP contribution in [-0.2, 0) is 14.8 Å². The van der Waals surface area contributed by atoms with Crippen molar-refractivity contribution in [3.8, 4) is 0 Å². The summed E-state index contributed by atoms with van der Waals surface area (Å²) in [4.78, 5) is 14.4. The Bertz CT molecular complexity index is 840. The Morgan fingerprint density at radius 2 is 1.70 bits per heavy atom. The number of halogens is 1. The minimum absolute atomic E-state index is 0.0142. The van der Waals surface area contributed by atoms with E-state index in [1.54, 1.807) is 0 Å². The number of nitrogens with zero attached hydrogens (tertiary/aromatic N) is 1. The summed E-state index contributed by atoms with van der Waals surface area (Å²) in [6.45, 7) is 0.659. The standard InChI is InChI=1S/C19H24ClN3O3S/c1-23(2)14-18(15-6-4-3-5-7-15)22-19(24)12-13-21-27(25,26)17-10-8-16(20)9-11-17/h3-11,18,21H,12-14H2,1-2H3,(H,22,24)/t18-/m0/s1. The van der Waals surface area contributed by atoms with E-state index in [0.717, 1.165) is 5.56 Å². The molecule has 0 aliphatic heterocycles. The second-order valence-electron chi connectivity index (χ2n) is 6.39. The van der Waals surface area contributed by atoms with Gasteiger partial charge < -0.3 is 10.2 Å². The topological polar surface area (TPSA) is 78.5 Å². The third-order valence-corrected chi connectivity index (χ3v) is 5.58. The molecule has 2 rings (SSSR count). The van der Waals surface area contributed by atoms with E-state index in [-0.39, 0.29) is 29.8 Å². The average molecular weight is 410 g/mol. The van der Waals surface area contributed by atoms with Gasteiger partial charge in [-0.2, -0.15) is 0 Å². The first kappa shape index (κ1) is 21.4. The molecule has 2 aromatic rings. The molecule has 0 bridgehead atoms. The first-order valence-corrected chi connectivity index (χ1v) is 10.4. The smallest absolute Gasteiger partial charge is 0.240 e. The Morgan fingerprint density at radius 3 is 2.30 bits per heavy atom. The number of amides is 1. The first-order chi connectivity index (χ1) is 12.8. The van der Waals surface area contributed by atoms with Gasteiger partial charge in [0.25, 0.3) is 0 Å². The number of carbonyl (C=O) groups is 1. The van der Waals surface area contributed by atoms with Gasteiger partial charge in [0.1, 0.15) is 0 Å². The molecule has 0 unspecified atom stereocenters. The fraction of sp³-hybridized carbons (Fsp3) is 0.316. The monoisotopic (exact) mass is 409 g/mol. The Labute approximate surface area is 165 Å². The quantitative estimate of drug-likeness (QED) is 0.666. The SMILES string of the molecule is CN(C)C[C@H](NC(=O)CCNS(=O)(=O)c1ccc(Cl)cc1)c1ccccc1. The molecule has 1 amide bonds. The van der Waals surface area contributed by atoms with Crippen molar-refractivity contribution < 1.29 is 13.2 Å². The lowest BCUT2D eigenvalue weighted by Gasteiger charge is -2.23. The van der Waals surface area contributed by atoms with E-state index in [2.05, 4.69) is 10.0 Å². The molecule has 0 aliphatic rings. The minimum atomic E-state index is -3.67. The largest absolute Gasteiger partial charge is 0.348 e. The van der Waals surface area contributed by atoms with Crippen molar-refractivity contribution in [2.24, 2.45) is 0 Å². The maximum absolute atomic E-state index is 12.3. The number of rotatable bonds is 9. The van der Waals surface area contributed by atoms with Gasteiger partial charge in [0.2, 0.25) is 15.9 Å². The molecule has 8 heteroatoms. The molecule has 6 nitrogen and oxygen atoms in total. The van der Waals surface area contributed by atoms with Gasteiger partial charge in [-0.05, 0) is 43.9 Å². The molecule has 0 aliphatic carbocycles. The molecule has 0 fully saturated rings. The summed E-state index contributed by atoms with van der Waals surface area (Å²) < 4.78 is 26.9. The number of benzene rings is 2. The lowest BCUT2D eigenvalue weighted by atomic mass is 10.1. The number of likely N-dealkylation sites (N-methyl/N-ethyl adjacent to an activating group) is 1. The number of nitrogens with one attached hydrogen (secondary N) is 2. The molecule has 0 radical (unpaired) electrons. The van der Waals surface area contributed by atoms with Gasteiger partial charge in [-0.25, -0.2) is 13.1 Å². The van der Waals surface area contributed by atoms with E-state index in [9.17, 15) is 13.2 Å². The highest BCUT2D eigenvalue weighted by Gasteiger charge is 2.17. The van der Waals surface area contributed by atoms with Gasteiger partial charge in [0, 0.05) is 24.5 Å². The van der Waals surface area contributed by atoms with E-state index >= 15 is 0 Å². The number of hydrogen-bond donors (Lipinski definition) is 2. The highest BCUT2D eigenvalue weighted by molar-refractivity contribution is 7.89. The molecule has 0 spiro atoms. The number of carbonyl (C=O) groups excluding carboxylic acids is 1. The lowest BCUT2D eigenvalue weighted by molar-refractivity contribution is -0.121. The van der Waals surface area contributed by atoms with Gasteiger partial charge in [0.15, 0.2) is 0 Å². The van der Waals surface area contributed by atoms with Gasteiger partial charge in [-0.1, -0.05) is 41.9 Å². The van der Waals surface area contributed by atoms with E-state index in [4.69, 9.17) is 11.6 Å². The summed E-state index contributed by atoms with van der Waals surface area (Å²) in [5.41, 5.74) is 1.00. The molecule has 0 saturated heterocycles. The van der Waals surface area contributed by atoms with Crippen LogP contribution in [0.3, 0.4) is 0 Å². The average Bonchev–Trinajstić information content (AvgIpc) is 2.62. The molecule has 27 heavy (non-hydrogen) atoms. The van der Waals surface area contributed by atoms with Crippen LogP contribution in [0.25, 0.3) is 0 Å². The second-order valence-corrected chi connectivity index (χ2v) is 8.60. The third-order valence-electron chi connectivity index (χ3n) is 3.85. The zero-order chi connectivity index (χ0) is 19.9. The molecule has 2 N–H and O–H groups in total. The van der Waals surface area contributed by atoms with Crippen molar-refractivity contribution in [1.82, 2.24) is 14.9 Å². The van der Waals surface area contributed by atoms with Gasteiger partial charge in [-0.3, -0.25) is 4.79 Å². The third kappa shape index (κ3) is 6.95. The Hall–Kier alpha value is -1.93. The van der Waals surface area contributed by atoms with Crippen LogP contribution in [-0.4, -0.2) is 46.4 Å². The summed E-state index contributed by atoms with van der Waals surface area (Å²) in [7, 11) is 0.197. The van der Waals surface area contributed by atoms with Crippen LogP contribution in [0, 0.1) is 0 Å². The molecular weight excluding hydrogens is 386 g/mol. The molecule has 146 valence electrons. The molecule has 1 atom stereocenters. The van der Waals surface area contributed by atoms with E-state index in [0.29, 0.717) is 11.6 Å². The predicted octanol–water partition coefficient (Wildman–Crippen LogP) is 2.43. The van der Waals surface area contributed by atoms with Gasteiger partial charge in [0.05, 0.1) is 10.9 Å². The maximum Gasteiger partial charge on any atom is 0.240 e. The van der Waals surface area contributed by atoms with Crippen LogP contribution in [0.1, 0.15) is 18.0 Å². The first-order valence-electron chi connectivity index (χ1n) is 8.52. The van der Waals surface area contributed by atoms with Crippen molar-refractivity contribution >= 4 is 27.5 Å². The second kappa shape index (κ2) is 9.85. The number of hydrogen-bond acceptors (Lipinski definition) is 4. The van der Waals surface area contributed by atoms with E-state index < -0.39 is 10.0 Å². The van der Waals surface area contributed by atoms with Gasteiger partial charge >= 0.3 is 0 Å². The Kier molecular flexibility index (Phi) is 7.79. The zero-order valence-corrected chi connectivity index (χ0v) is 16.9. The van der Waals surface area contributed by atoms with Crippen LogP contribution in [0.4, 0.5) is 0 Å². The van der Waals surface area contributed by atoms with Crippen LogP contribution < -0.4 is 10.0 Å². The summed E-state index contributed by atoms with van der Waals surface area (Å²) in [5.74, 6) is -0.218. The van der Waals surface area contributed by atoms with Crippen molar-refractivity contribution in [2.45, 2.75) is 17.4 Å².